The first kappa shape index (κ1) is 30.5. The molecule has 5 rings (SSSR count). The molecule has 1 saturated heterocycles. The normalized spacial score (nSPS) is 27.3. The van der Waals surface area contributed by atoms with Gasteiger partial charge in [-0.3, -0.25) is 39.4 Å². The van der Waals surface area contributed by atoms with E-state index in [1.807, 2.05) is 0 Å². The molecule has 3 aliphatic rings. The number of carbonyl (C=O) groups excluding carboxylic acids is 4. The van der Waals surface area contributed by atoms with Gasteiger partial charge in [-0.2, -0.15) is 5.01 Å². The zero-order valence-electron chi connectivity index (χ0n) is 20.3. The number of fused-ring (bicyclic) bond motifs is 5. The standard InChI is InChI=1S/C24H12Cl6N4O8/c25-17-18(26)23(28)16-15(22(17,27)24(23,29)30)20(37)32(21(16)38)31(19(36)12-3-1-2-4-13(12)34(41)42)9-14(35)10-5-7-11(8-6-10)33(39)40/h1-8,15-16H,9H2/t15-,16-,22-,23-/m1/s1. The SMILES string of the molecule is O=C(CN(C(=O)c1ccccc1[N+](=O)[O-])N1C(=O)[C@H]2[C@H](C1=O)[C@@]1(Cl)C(Cl)=C(Cl)[C@@]2(Cl)C1(Cl)Cl)c1ccc([N+](=O)[O-])cc1. The van der Waals surface area contributed by atoms with Crippen molar-refractivity contribution in [2.24, 2.45) is 11.8 Å². The second-order valence-electron chi connectivity index (χ2n) is 9.43. The summed E-state index contributed by atoms with van der Waals surface area (Å²) in [6.45, 7) is -1.02. The van der Waals surface area contributed by atoms with Gasteiger partial charge in [0.05, 0.1) is 31.7 Å². The molecule has 18 heteroatoms. The summed E-state index contributed by atoms with van der Waals surface area (Å²) in [6, 6.07) is 8.88. The van der Waals surface area contributed by atoms with Crippen molar-refractivity contribution in [3.63, 3.8) is 0 Å². The third-order valence-electron chi connectivity index (χ3n) is 7.39. The van der Waals surface area contributed by atoms with Crippen molar-refractivity contribution >= 4 is 104 Å². The van der Waals surface area contributed by atoms with Crippen LogP contribution in [0.3, 0.4) is 0 Å². The second-order valence-corrected chi connectivity index (χ2v) is 12.7. The number of benzene rings is 2. The molecule has 1 aliphatic heterocycles. The third-order valence-corrected chi connectivity index (χ3v) is 11.6. The monoisotopic (exact) mass is 694 g/mol. The fraction of sp³-hybridized carbons (Fsp3) is 0.250. The number of nitro benzene ring substituents is 2. The average molecular weight is 697 g/mol. The second kappa shape index (κ2) is 10.0. The quantitative estimate of drug-likeness (QED) is 0.126. The van der Waals surface area contributed by atoms with Crippen molar-refractivity contribution in [3.05, 3.63) is 90.0 Å². The Hall–Kier alpha value is -3.00. The number of Topliss-reactive ketones (excluding diaryl/α,β-unsaturated/α-hetero) is 1. The van der Waals surface area contributed by atoms with Crippen LogP contribution in [0.1, 0.15) is 20.7 Å². The molecule has 4 atom stereocenters. The van der Waals surface area contributed by atoms with Gasteiger partial charge in [0.25, 0.3) is 29.1 Å². The lowest BCUT2D eigenvalue weighted by Gasteiger charge is -2.36. The summed E-state index contributed by atoms with van der Waals surface area (Å²) in [6.07, 6.45) is 0. The van der Waals surface area contributed by atoms with Crippen LogP contribution >= 0.6 is 69.6 Å². The zero-order chi connectivity index (χ0) is 31.1. The van der Waals surface area contributed by atoms with Gasteiger partial charge in [-0.25, -0.2) is 5.01 Å². The van der Waals surface area contributed by atoms with E-state index in [2.05, 4.69) is 0 Å². The van der Waals surface area contributed by atoms with Crippen LogP contribution in [0.25, 0.3) is 0 Å². The van der Waals surface area contributed by atoms with Crippen LogP contribution in [-0.2, 0) is 9.59 Å². The predicted octanol–water partition coefficient (Wildman–Crippen LogP) is 5.19. The van der Waals surface area contributed by atoms with E-state index in [4.69, 9.17) is 69.6 Å². The first-order valence-electron chi connectivity index (χ1n) is 11.6. The molecule has 2 bridgehead atoms. The molecule has 42 heavy (non-hydrogen) atoms. The smallest absolute Gasteiger partial charge is 0.282 e. The van der Waals surface area contributed by atoms with Crippen LogP contribution in [0, 0.1) is 32.1 Å². The highest BCUT2D eigenvalue weighted by atomic mass is 35.5. The summed E-state index contributed by atoms with van der Waals surface area (Å²) in [4.78, 5) is 71.6. The number of nitrogens with zero attached hydrogens (tertiary/aromatic N) is 4. The van der Waals surface area contributed by atoms with Gasteiger partial charge >= 0.3 is 0 Å². The average Bonchev–Trinajstić information content (AvgIpc) is 3.34. The topological polar surface area (TPSA) is 161 Å². The first-order valence-corrected chi connectivity index (χ1v) is 13.8. The van der Waals surface area contributed by atoms with E-state index < -0.39 is 87.1 Å². The van der Waals surface area contributed by atoms with Gasteiger partial charge in [0.15, 0.2) is 10.1 Å². The number of rotatable bonds is 7. The van der Waals surface area contributed by atoms with Crippen LogP contribution in [0.15, 0.2) is 58.6 Å². The number of carbonyl (C=O) groups is 4. The Morgan fingerprint density at radius 2 is 1.33 bits per heavy atom. The van der Waals surface area contributed by atoms with Crippen LogP contribution in [0.2, 0.25) is 0 Å². The van der Waals surface area contributed by atoms with E-state index in [-0.39, 0.29) is 11.3 Å². The molecule has 2 fully saturated rings. The Labute approximate surface area is 264 Å². The van der Waals surface area contributed by atoms with Gasteiger partial charge in [0.1, 0.15) is 21.9 Å². The number of ketones is 1. The Morgan fingerprint density at radius 3 is 1.81 bits per heavy atom. The van der Waals surface area contributed by atoms with Gasteiger partial charge < -0.3 is 0 Å². The number of nitro groups is 2. The highest BCUT2D eigenvalue weighted by Gasteiger charge is 2.88. The maximum atomic E-state index is 13.9. The predicted molar refractivity (Wildman–Crippen MR) is 151 cm³/mol. The minimum atomic E-state index is -2.27. The maximum Gasteiger partial charge on any atom is 0.282 e. The van der Waals surface area contributed by atoms with Gasteiger partial charge in [-0.05, 0) is 18.2 Å². The Kier molecular flexibility index (Phi) is 7.28. The molecule has 0 unspecified atom stereocenters. The number of hydrazine groups is 1. The van der Waals surface area contributed by atoms with Crippen LogP contribution in [-0.4, -0.2) is 64.0 Å². The first-order chi connectivity index (χ1) is 19.5. The van der Waals surface area contributed by atoms with E-state index in [0.717, 1.165) is 36.4 Å². The number of halogens is 6. The van der Waals surface area contributed by atoms with Gasteiger partial charge in [0, 0.05) is 23.8 Å². The zero-order valence-corrected chi connectivity index (χ0v) is 24.8. The number of non-ortho nitro benzene ring substituents is 1. The molecule has 1 heterocycles. The van der Waals surface area contributed by atoms with Gasteiger partial charge in [-0.15, -0.1) is 23.2 Å². The number of imide groups is 1. The van der Waals surface area contributed by atoms with Crippen molar-refractivity contribution in [1.82, 2.24) is 10.0 Å². The molecular weight excluding hydrogens is 685 g/mol. The molecule has 0 spiro atoms. The largest absolute Gasteiger partial charge is 0.292 e. The fourth-order valence-electron chi connectivity index (χ4n) is 5.40. The highest BCUT2D eigenvalue weighted by molar-refractivity contribution is 6.66. The molecule has 3 amide bonds. The van der Waals surface area contributed by atoms with E-state index in [9.17, 15) is 39.4 Å². The number of amides is 3. The summed E-state index contributed by atoms with van der Waals surface area (Å²) < 4.78 is -2.27. The van der Waals surface area contributed by atoms with Crippen molar-refractivity contribution < 1.29 is 29.0 Å². The van der Waals surface area contributed by atoms with Crippen molar-refractivity contribution in [2.75, 3.05) is 6.54 Å². The Bertz CT molecular complexity index is 1620. The lowest BCUT2D eigenvalue weighted by atomic mass is 9.84. The molecule has 12 nitrogen and oxygen atoms in total. The van der Waals surface area contributed by atoms with E-state index in [0.29, 0.717) is 10.0 Å². The maximum absolute atomic E-state index is 13.9. The summed E-state index contributed by atoms with van der Waals surface area (Å²) >= 11 is 39.1. The molecular formula is C24H12Cl6N4O8. The van der Waals surface area contributed by atoms with Gasteiger partial charge in [0.2, 0.25) is 0 Å². The molecule has 2 aromatic rings. The molecule has 2 aromatic carbocycles. The van der Waals surface area contributed by atoms with Crippen LogP contribution in [0.5, 0.6) is 0 Å². The molecule has 0 N–H and O–H groups in total. The van der Waals surface area contributed by atoms with E-state index in [1.165, 1.54) is 12.1 Å². The molecule has 0 radical (unpaired) electrons. The van der Waals surface area contributed by atoms with Crippen LogP contribution in [0.4, 0.5) is 11.4 Å². The highest BCUT2D eigenvalue weighted by Crippen LogP contribution is 2.77. The van der Waals surface area contributed by atoms with Gasteiger partial charge in [-0.1, -0.05) is 58.5 Å². The molecule has 0 aromatic heterocycles. The number of para-hydroxylation sites is 1. The summed E-state index contributed by atoms with van der Waals surface area (Å²) in [5.74, 6) is -7.86. The number of allylic oxidation sites excluding steroid dienone is 2. The fourth-order valence-corrected chi connectivity index (χ4v) is 8.33. The minimum Gasteiger partial charge on any atom is -0.292 e. The van der Waals surface area contributed by atoms with E-state index in [1.54, 1.807) is 0 Å². The van der Waals surface area contributed by atoms with Crippen molar-refractivity contribution in [1.29, 1.82) is 0 Å². The number of hydrogen-bond acceptors (Lipinski definition) is 8. The van der Waals surface area contributed by atoms with E-state index >= 15 is 0 Å². The molecule has 2 aliphatic carbocycles. The van der Waals surface area contributed by atoms with Crippen molar-refractivity contribution in [2.45, 2.75) is 14.1 Å². The third kappa shape index (κ3) is 3.82. The number of alkyl halides is 4. The minimum absolute atomic E-state index is 0.142. The molecule has 1 saturated carbocycles. The Balaban J connectivity index is 1.61. The number of hydrogen-bond donors (Lipinski definition) is 0. The van der Waals surface area contributed by atoms with Crippen molar-refractivity contribution in [3.8, 4) is 0 Å². The summed E-state index contributed by atoms with van der Waals surface area (Å²) in [7, 11) is 0. The molecule has 218 valence electrons. The van der Waals surface area contributed by atoms with Crippen LogP contribution < -0.4 is 0 Å². The lowest BCUT2D eigenvalue weighted by Crippen LogP contribution is -2.56. The lowest BCUT2D eigenvalue weighted by molar-refractivity contribution is -0.385. The summed E-state index contributed by atoms with van der Waals surface area (Å²) in [5, 5.41) is 22.6. The Morgan fingerprint density at radius 1 is 0.833 bits per heavy atom. The summed E-state index contributed by atoms with van der Waals surface area (Å²) in [5.41, 5.74) is -1.74.